The van der Waals surface area contributed by atoms with Crippen LogP contribution in [0.2, 0.25) is 0 Å². The number of hydrogen-bond donors (Lipinski definition) is 1. The van der Waals surface area contributed by atoms with Gasteiger partial charge in [0.25, 0.3) is 0 Å². The van der Waals surface area contributed by atoms with Gasteiger partial charge in [0.15, 0.2) is 0 Å². The van der Waals surface area contributed by atoms with Crippen LogP contribution in [0.15, 0.2) is 46.9 Å². The number of nitrogens with one attached hydrogen (secondary N) is 1. The topological polar surface area (TPSA) is 12.0 Å². The molecule has 20 heavy (non-hydrogen) atoms. The van der Waals surface area contributed by atoms with E-state index >= 15 is 0 Å². The Bertz CT molecular complexity index is 572. The van der Waals surface area contributed by atoms with Crippen molar-refractivity contribution in [2.45, 2.75) is 19.4 Å². The fourth-order valence-corrected chi connectivity index (χ4v) is 2.58. The summed E-state index contributed by atoms with van der Waals surface area (Å²) in [6.45, 7) is 2.56. The molecule has 2 rings (SSSR count). The van der Waals surface area contributed by atoms with Gasteiger partial charge >= 0.3 is 0 Å². The molecular weight excluding hydrogens is 324 g/mol. The Morgan fingerprint density at radius 2 is 1.80 bits per heavy atom. The van der Waals surface area contributed by atoms with Crippen molar-refractivity contribution in [2.24, 2.45) is 0 Å². The first-order valence-corrected chi connectivity index (χ1v) is 7.33. The van der Waals surface area contributed by atoms with Crippen LogP contribution in [0.5, 0.6) is 0 Å². The van der Waals surface area contributed by atoms with E-state index in [1.54, 1.807) is 0 Å². The minimum atomic E-state index is -0.535. The van der Waals surface area contributed by atoms with Crippen LogP contribution in [-0.2, 0) is 6.42 Å². The number of rotatable bonds is 5. The van der Waals surface area contributed by atoms with Crippen molar-refractivity contribution in [3.63, 3.8) is 0 Å². The molecule has 0 aliphatic heterocycles. The molecule has 0 heterocycles. The molecular formula is C16H16BrF2N. The van der Waals surface area contributed by atoms with Gasteiger partial charge in [-0.2, -0.15) is 0 Å². The molecule has 0 radical (unpaired) electrons. The Balaban J connectivity index is 2.36. The summed E-state index contributed by atoms with van der Waals surface area (Å²) in [6.07, 6.45) is 0.541. The maximum atomic E-state index is 14.2. The van der Waals surface area contributed by atoms with Crippen LogP contribution in [0.1, 0.15) is 24.1 Å². The summed E-state index contributed by atoms with van der Waals surface area (Å²) in [5, 5.41) is 3.16. The first kappa shape index (κ1) is 15.1. The van der Waals surface area contributed by atoms with Gasteiger partial charge in [0.2, 0.25) is 0 Å². The van der Waals surface area contributed by atoms with Gasteiger partial charge in [-0.3, -0.25) is 0 Å². The Hall–Kier alpha value is -1.26. The first-order valence-electron chi connectivity index (χ1n) is 6.54. The minimum Gasteiger partial charge on any atom is -0.310 e. The average molecular weight is 340 g/mol. The van der Waals surface area contributed by atoms with Crippen LogP contribution in [-0.4, -0.2) is 6.54 Å². The number of benzene rings is 2. The first-order chi connectivity index (χ1) is 9.63. The van der Waals surface area contributed by atoms with Crippen LogP contribution in [0.25, 0.3) is 0 Å². The summed E-state index contributed by atoms with van der Waals surface area (Å²) in [7, 11) is 0. The van der Waals surface area contributed by atoms with E-state index in [1.807, 2.05) is 37.3 Å². The Kier molecular flexibility index (Phi) is 5.26. The lowest BCUT2D eigenvalue weighted by Crippen LogP contribution is -2.25. The second-order valence-electron chi connectivity index (χ2n) is 4.56. The zero-order chi connectivity index (χ0) is 14.5. The van der Waals surface area contributed by atoms with E-state index in [-0.39, 0.29) is 16.1 Å². The van der Waals surface area contributed by atoms with Crippen molar-refractivity contribution in [1.82, 2.24) is 5.32 Å². The number of halogens is 3. The van der Waals surface area contributed by atoms with E-state index in [0.717, 1.165) is 5.56 Å². The Labute approximate surface area is 126 Å². The number of likely N-dealkylation sites (N-methyl/N-ethyl adjacent to an activating group) is 1. The third-order valence-electron chi connectivity index (χ3n) is 3.16. The lowest BCUT2D eigenvalue weighted by atomic mass is 9.98. The molecule has 1 nitrogen and oxygen atoms in total. The minimum absolute atomic E-state index is 0.0880. The van der Waals surface area contributed by atoms with E-state index in [1.165, 1.54) is 12.1 Å². The Morgan fingerprint density at radius 3 is 2.45 bits per heavy atom. The van der Waals surface area contributed by atoms with Crippen LogP contribution in [0, 0.1) is 11.6 Å². The van der Waals surface area contributed by atoms with Crippen molar-refractivity contribution >= 4 is 15.9 Å². The molecule has 1 N–H and O–H groups in total. The molecule has 0 aromatic heterocycles. The third-order valence-corrected chi connectivity index (χ3v) is 3.77. The molecule has 0 spiro atoms. The van der Waals surface area contributed by atoms with E-state index < -0.39 is 11.6 Å². The molecule has 2 aromatic carbocycles. The molecule has 0 amide bonds. The quantitative estimate of drug-likeness (QED) is 0.783. The van der Waals surface area contributed by atoms with Gasteiger partial charge in [0.05, 0.1) is 4.47 Å². The van der Waals surface area contributed by atoms with Crippen LogP contribution in [0.4, 0.5) is 8.78 Å². The SMILES string of the molecule is CCNC(Cc1ccccc1)c1c(F)ccc(Br)c1F. The molecule has 0 fully saturated rings. The molecule has 0 saturated carbocycles. The summed E-state index contributed by atoms with van der Waals surface area (Å²) < 4.78 is 28.5. The normalized spacial score (nSPS) is 12.4. The van der Waals surface area contributed by atoms with Crippen LogP contribution < -0.4 is 5.32 Å². The van der Waals surface area contributed by atoms with Gasteiger partial charge in [-0.15, -0.1) is 0 Å². The summed E-state index contributed by atoms with van der Waals surface area (Å²) in [5.41, 5.74) is 1.13. The molecule has 0 bridgehead atoms. The van der Waals surface area contributed by atoms with E-state index in [0.29, 0.717) is 13.0 Å². The molecule has 0 aliphatic rings. The monoisotopic (exact) mass is 339 g/mol. The maximum Gasteiger partial charge on any atom is 0.145 e. The summed E-state index contributed by atoms with van der Waals surface area (Å²) in [5.74, 6) is -1.06. The predicted molar refractivity (Wildman–Crippen MR) is 80.6 cm³/mol. The molecule has 1 atom stereocenters. The summed E-state index contributed by atoms with van der Waals surface area (Å²) >= 11 is 3.12. The number of hydrogen-bond acceptors (Lipinski definition) is 1. The van der Waals surface area contributed by atoms with Crippen molar-refractivity contribution in [3.8, 4) is 0 Å². The zero-order valence-electron chi connectivity index (χ0n) is 11.2. The lowest BCUT2D eigenvalue weighted by Gasteiger charge is -2.20. The molecule has 0 saturated heterocycles. The van der Waals surface area contributed by atoms with E-state index in [4.69, 9.17) is 0 Å². The second-order valence-corrected chi connectivity index (χ2v) is 5.41. The molecule has 0 aliphatic carbocycles. The van der Waals surface area contributed by atoms with E-state index in [9.17, 15) is 8.78 Å². The molecule has 4 heteroatoms. The molecule has 2 aromatic rings. The third kappa shape index (κ3) is 3.44. The summed E-state index contributed by atoms with van der Waals surface area (Å²) in [6, 6.07) is 12.0. The predicted octanol–water partition coefficient (Wildman–Crippen LogP) is 4.62. The smallest absolute Gasteiger partial charge is 0.145 e. The highest BCUT2D eigenvalue weighted by Crippen LogP contribution is 2.28. The van der Waals surface area contributed by atoms with Crippen molar-refractivity contribution < 1.29 is 8.78 Å². The highest BCUT2D eigenvalue weighted by atomic mass is 79.9. The van der Waals surface area contributed by atoms with Crippen LogP contribution >= 0.6 is 15.9 Å². The molecule has 1 unspecified atom stereocenters. The van der Waals surface area contributed by atoms with Gasteiger partial charge < -0.3 is 5.32 Å². The fourth-order valence-electron chi connectivity index (χ4n) is 2.23. The van der Waals surface area contributed by atoms with Crippen molar-refractivity contribution in [1.29, 1.82) is 0 Å². The van der Waals surface area contributed by atoms with E-state index in [2.05, 4.69) is 21.2 Å². The zero-order valence-corrected chi connectivity index (χ0v) is 12.8. The highest BCUT2D eigenvalue weighted by molar-refractivity contribution is 9.10. The summed E-state index contributed by atoms with van der Waals surface area (Å²) in [4.78, 5) is 0. The fraction of sp³-hybridized carbons (Fsp3) is 0.250. The standard InChI is InChI=1S/C16H16BrF2N/c1-2-20-14(10-11-6-4-3-5-7-11)15-13(18)9-8-12(17)16(15)19/h3-9,14,20H,2,10H2,1H3. The van der Waals surface area contributed by atoms with Crippen molar-refractivity contribution in [3.05, 3.63) is 69.7 Å². The lowest BCUT2D eigenvalue weighted by molar-refractivity contribution is 0.471. The highest BCUT2D eigenvalue weighted by Gasteiger charge is 2.21. The van der Waals surface area contributed by atoms with Crippen LogP contribution in [0.3, 0.4) is 0 Å². The largest absolute Gasteiger partial charge is 0.310 e. The molecule has 106 valence electrons. The van der Waals surface area contributed by atoms with Gasteiger partial charge in [0.1, 0.15) is 11.6 Å². The Morgan fingerprint density at radius 1 is 1.10 bits per heavy atom. The second kappa shape index (κ2) is 6.95. The van der Waals surface area contributed by atoms with Crippen molar-refractivity contribution in [2.75, 3.05) is 6.54 Å². The van der Waals surface area contributed by atoms with Gasteiger partial charge in [0, 0.05) is 11.6 Å². The van der Waals surface area contributed by atoms with Gasteiger partial charge in [-0.1, -0.05) is 37.3 Å². The average Bonchev–Trinajstić information content (AvgIpc) is 2.45. The van der Waals surface area contributed by atoms with Gasteiger partial charge in [-0.25, -0.2) is 8.78 Å². The maximum absolute atomic E-state index is 14.2. The van der Waals surface area contributed by atoms with Gasteiger partial charge in [-0.05, 0) is 46.6 Å².